The van der Waals surface area contributed by atoms with E-state index >= 15 is 0 Å². The molecule has 0 amide bonds. The standard InChI is InChI=1S/C15H18BrNS2/c1-11(2)17-9-12-3-5-13(6-4-12)19-10-15-14(16)7-8-18-15/h3-8,11,17H,9-10H2,1-2H3. The molecule has 2 aromatic rings. The fourth-order valence-electron chi connectivity index (χ4n) is 1.60. The van der Waals surface area contributed by atoms with Crippen molar-refractivity contribution in [2.75, 3.05) is 0 Å². The van der Waals surface area contributed by atoms with Crippen LogP contribution in [0.15, 0.2) is 45.1 Å². The molecular weight excluding hydrogens is 338 g/mol. The number of thioether (sulfide) groups is 1. The molecule has 0 atom stereocenters. The van der Waals surface area contributed by atoms with Crippen LogP contribution < -0.4 is 5.32 Å². The summed E-state index contributed by atoms with van der Waals surface area (Å²) in [6.45, 7) is 5.28. The lowest BCUT2D eigenvalue weighted by Gasteiger charge is -2.08. The Bertz CT molecular complexity index is 505. The van der Waals surface area contributed by atoms with Crippen LogP contribution in [0.2, 0.25) is 0 Å². The van der Waals surface area contributed by atoms with Crippen LogP contribution in [0.3, 0.4) is 0 Å². The second-order valence-electron chi connectivity index (χ2n) is 4.66. The molecule has 0 aliphatic heterocycles. The summed E-state index contributed by atoms with van der Waals surface area (Å²) in [5.74, 6) is 1.03. The molecule has 0 radical (unpaired) electrons. The lowest BCUT2D eigenvalue weighted by Crippen LogP contribution is -2.21. The first-order valence-corrected chi connectivity index (χ1v) is 8.98. The van der Waals surface area contributed by atoms with Gasteiger partial charge in [0, 0.05) is 32.6 Å². The Morgan fingerprint density at radius 2 is 1.95 bits per heavy atom. The van der Waals surface area contributed by atoms with Crippen LogP contribution in [-0.4, -0.2) is 6.04 Å². The number of halogens is 1. The summed E-state index contributed by atoms with van der Waals surface area (Å²) in [7, 11) is 0. The number of nitrogens with one attached hydrogen (secondary N) is 1. The van der Waals surface area contributed by atoms with Crippen LogP contribution >= 0.6 is 39.0 Å². The van der Waals surface area contributed by atoms with Gasteiger partial charge in [-0.05, 0) is 45.1 Å². The Hall–Kier alpha value is -0.290. The third-order valence-electron chi connectivity index (χ3n) is 2.70. The van der Waals surface area contributed by atoms with E-state index in [1.54, 1.807) is 11.3 Å². The molecule has 0 saturated heterocycles. The molecule has 0 saturated carbocycles. The third kappa shape index (κ3) is 4.95. The van der Waals surface area contributed by atoms with E-state index in [1.165, 1.54) is 19.8 Å². The van der Waals surface area contributed by atoms with Crippen molar-refractivity contribution in [2.24, 2.45) is 0 Å². The zero-order valence-corrected chi connectivity index (χ0v) is 14.4. The zero-order chi connectivity index (χ0) is 13.7. The van der Waals surface area contributed by atoms with Crippen molar-refractivity contribution in [3.63, 3.8) is 0 Å². The van der Waals surface area contributed by atoms with E-state index in [2.05, 4.69) is 70.8 Å². The van der Waals surface area contributed by atoms with Crippen molar-refractivity contribution in [1.82, 2.24) is 5.32 Å². The average molecular weight is 356 g/mol. The van der Waals surface area contributed by atoms with Crippen LogP contribution in [0, 0.1) is 0 Å². The Balaban J connectivity index is 1.86. The van der Waals surface area contributed by atoms with Crippen molar-refractivity contribution >= 4 is 39.0 Å². The van der Waals surface area contributed by atoms with Gasteiger partial charge in [0.25, 0.3) is 0 Å². The fourth-order valence-corrected chi connectivity index (χ4v) is 4.30. The van der Waals surface area contributed by atoms with Gasteiger partial charge in [0.05, 0.1) is 0 Å². The predicted molar refractivity (Wildman–Crippen MR) is 90.0 cm³/mol. The maximum Gasteiger partial charge on any atom is 0.0337 e. The highest BCUT2D eigenvalue weighted by atomic mass is 79.9. The Morgan fingerprint density at radius 3 is 2.53 bits per heavy atom. The fraction of sp³-hybridized carbons (Fsp3) is 0.333. The first-order valence-electron chi connectivity index (χ1n) is 6.32. The van der Waals surface area contributed by atoms with Crippen molar-refractivity contribution in [3.05, 3.63) is 50.6 Å². The van der Waals surface area contributed by atoms with Crippen LogP contribution in [0.1, 0.15) is 24.3 Å². The van der Waals surface area contributed by atoms with Gasteiger partial charge in [-0.2, -0.15) is 0 Å². The molecular formula is C15H18BrNS2. The van der Waals surface area contributed by atoms with Gasteiger partial charge in [0.1, 0.15) is 0 Å². The van der Waals surface area contributed by atoms with Gasteiger partial charge in [0.15, 0.2) is 0 Å². The van der Waals surface area contributed by atoms with Crippen molar-refractivity contribution in [2.45, 2.75) is 37.1 Å². The summed E-state index contributed by atoms with van der Waals surface area (Å²) >= 11 is 7.27. The molecule has 1 nitrogen and oxygen atoms in total. The molecule has 1 aromatic heterocycles. The monoisotopic (exact) mass is 355 g/mol. The summed E-state index contributed by atoms with van der Waals surface area (Å²) in [5, 5.41) is 5.56. The molecule has 1 aromatic carbocycles. The predicted octanol–water partition coefficient (Wildman–Crippen LogP) is 5.30. The van der Waals surface area contributed by atoms with Crippen molar-refractivity contribution in [3.8, 4) is 0 Å². The molecule has 19 heavy (non-hydrogen) atoms. The molecule has 0 aliphatic carbocycles. The molecule has 1 heterocycles. The van der Waals surface area contributed by atoms with Crippen molar-refractivity contribution in [1.29, 1.82) is 0 Å². The maximum absolute atomic E-state index is 3.57. The largest absolute Gasteiger partial charge is 0.310 e. The van der Waals surface area contributed by atoms with E-state index in [0.29, 0.717) is 6.04 Å². The number of benzene rings is 1. The van der Waals surface area contributed by atoms with Crippen molar-refractivity contribution < 1.29 is 0 Å². The van der Waals surface area contributed by atoms with Crippen LogP contribution in [0.5, 0.6) is 0 Å². The molecule has 0 bridgehead atoms. The van der Waals surface area contributed by atoms with Gasteiger partial charge in [-0.1, -0.05) is 26.0 Å². The Kier molecular flexibility index (Phi) is 5.95. The third-order valence-corrected chi connectivity index (χ3v) is 5.85. The molecule has 4 heteroatoms. The van der Waals surface area contributed by atoms with E-state index in [4.69, 9.17) is 0 Å². The number of hydrogen-bond donors (Lipinski definition) is 1. The molecule has 1 N–H and O–H groups in total. The molecule has 0 unspecified atom stereocenters. The Morgan fingerprint density at radius 1 is 1.21 bits per heavy atom. The van der Waals surface area contributed by atoms with Gasteiger partial charge in [-0.25, -0.2) is 0 Å². The first-order chi connectivity index (χ1) is 9.15. The van der Waals surface area contributed by atoms with Gasteiger partial charge in [0.2, 0.25) is 0 Å². The summed E-state index contributed by atoms with van der Waals surface area (Å²) in [4.78, 5) is 2.73. The summed E-state index contributed by atoms with van der Waals surface area (Å²) in [6.07, 6.45) is 0. The molecule has 0 fully saturated rings. The van der Waals surface area contributed by atoms with Gasteiger partial charge in [-0.15, -0.1) is 23.1 Å². The summed E-state index contributed by atoms with van der Waals surface area (Å²) in [5.41, 5.74) is 1.34. The van der Waals surface area contributed by atoms with E-state index in [0.717, 1.165) is 12.3 Å². The van der Waals surface area contributed by atoms with Gasteiger partial charge in [-0.3, -0.25) is 0 Å². The minimum Gasteiger partial charge on any atom is -0.310 e. The maximum atomic E-state index is 3.57. The SMILES string of the molecule is CC(C)NCc1ccc(SCc2sccc2Br)cc1. The molecule has 0 spiro atoms. The van der Waals surface area contributed by atoms with E-state index in [9.17, 15) is 0 Å². The summed E-state index contributed by atoms with van der Waals surface area (Å²) in [6, 6.07) is 11.5. The van der Waals surface area contributed by atoms with Crippen LogP contribution in [0.4, 0.5) is 0 Å². The highest BCUT2D eigenvalue weighted by molar-refractivity contribution is 9.10. The molecule has 2 rings (SSSR count). The smallest absolute Gasteiger partial charge is 0.0337 e. The zero-order valence-electron chi connectivity index (χ0n) is 11.2. The highest BCUT2D eigenvalue weighted by Gasteiger charge is 2.02. The van der Waals surface area contributed by atoms with Gasteiger partial charge < -0.3 is 5.32 Å². The number of hydrogen-bond acceptors (Lipinski definition) is 3. The van der Waals surface area contributed by atoms with E-state index < -0.39 is 0 Å². The quantitative estimate of drug-likeness (QED) is 0.705. The number of thiophene rings is 1. The lowest BCUT2D eigenvalue weighted by atomic mass is 10.2. The van der Waals surface area contributed by atoms with E-state index in [1.807, 2.05) is 11.8 Å². The minimum absolute atomic E-state index is 0.533. The van der Waals surface area contributed by atoms with E-state index in [-0.39, 0.29) is 0 Å². The lowest BCUT2D eigenvalue weighted by molar-refractivity contribution is 0.588. The van der Waals surface area contributed by atoms with Crippen LogP contribution in [-0.2, 0) is 12.3 Å². The van der Waals surface area contributed by atoms with Gasteiger partial charge >= 0.3 is 0 Å². The topological polar surface area (TPSA) is 12.0 Å². The molecule has 102 valence electrons. The number of rotatable bonds is 6. The second kappa shape index (κ2) is 7.48. The minimum atomic E-state index is 0.533. The summed E-state index contributed by atoms with van der Waals surface area (Å²) < 4.78 is 1.22. The first kappa shape index (κ1) is 15.1. The average Bonchev–Trinajstić information content (AvgIpc) is 2.81. The molecule has 0 aliphatic rings. The highest BCUT2D eigenvalue weighted by Crippen LogP contribution is 2.30. The Labute approximate surface area is 131 Å². The normalized spacial score (nSPS) is 11.2. The second-order valence-corrected chi connectivity index (χ2v) is 7.56. The van der Waals surface area contributed by atoms with Crippen LogP contribution in [0.25, 0.3) is 0 Å².